The number of nitrogens with zero attached hydrogens (tertiary/aromatic N) is 2. The summed E-state index contributed by atoms with van der Waals surface area (Å²) >= 11 is 1.30. The molecule has 6 heteroatoms. The summed E-state index contributed by atoms with van der Waals surface area (Å²) < 4.78 is 1.46. The zero-order chi connectivity index (χ0) is 20.4. The molecule has 0 aliphatic heterocycles. The molecule has 0 saturated heterocycles. The van der Waals surface area contributed by atoms with Crippen LogP contribution < -0.4 is 10.9 Å². The lowest BCUT2D eigenvalue weighted by Crippen LogP contribution is -2.30. The lowest BCUT2D eigenvalue weighted by atomic mass is 9.83. The maximum Gasteiger partial charge on any atom is 0.262 e. The Labute approximate surface area is 174 Å². The Balaban J connectivity index is 1.62. The van der Waals surface area contributed by atoms with E-state index in [1.807, 2.05) is 25.1 Å². The molecular weight excluding hydrogens is 382 g/mol. The van der Waals surface area contributed by atoms with Crippen molar-refractivity contribution in [2.75, 3.05) is 0 Å². The molecule has 0 bridgehead atoms. The summed E-state index contributed by atoms with van der Waals surface area (Å²) in [6.45, 7) is 1.84. The van der Waals surface area contributed by atoms with Crippen molar-refractivity contribution in [3.05, 3.63) is 63.0 Å². The first-order valence-corrected chi connectivity index (χ1v) is 11.2. The second-order valence-electron chi connectivity index (χ2n) is 8.07. The monoisotopic (exact) mass is 409 g/mol. The molecule has 2 heterocycles. The first-order chi connectivity index (χ1) is 14.0. The molecule has 1 aromatic carbocycles. The van der Waals surface area contributed by atoms with Crippen molar-refractivity contribution in [1.29, 1.82) is 0 Å². The second-order valence-corrected chi connectivity index (χ2v) is 9.07. The average Bonchev–Trinajstić information content (AvgIpc) is 3.09. The number of benzene rings is 1. The van der Waals surface area contributed by atoms with E-state index in [-0.39, 0.29) is 17.5 Å². The number of aromatic nitrogens is 2. The summed E-state index contributed by atoms with van der Waals surface area (Å²) in [7, 11) is 1.68. The first-order valence-electron chi connectivity index (χ1n) is 10.3. The van der Waals surface area contributed by atoms with Crippen LogP contribution in [0.15, 0.2) is 41.5 Å². The summed E-state index contributed by atoms with van der Waals surface area (Å²) in [5.41, 5.74) is 1.75. The maximum atomic E-state index is 13.2. The zero-order valence-corrected chi connectivity index (χ0v) is 17.8. The van der Waals surface area contributed by atoms with Crippen molar-refractivity contribution in [2.45, 2.75) is 51.5 Å². The van der Waals surface area contributed by atoms with Crippen LogP contribution in [-0.2, 0) is 7.05 Å². The van der Waals surface area contributed by atoms with Gasteiger partial charge in [-0.2, -0.15) is 0 Å². The van der Waals surface area contributed by atoms with Gasteiger partial charge in [0.15, 0.2) is 0 Å². The molecule has 29 heavy (non-hydrogen) atoms. The van der Waals surface area contributed by atoms with Gasteiger partial charge in [-0.15, -0.1) is 11.3 Å². The van der Waals surface area contributed by atoms with E-state index in [4.69, 9.17) is 0 Å². The molecule has 0 radical (unpaired) electrons. The van der Waals surface area contributed by atoms with Gasteiger partial charge in [0, 0.05) is 7.05 Å². The smallest absolute Gasteiger partial charge is 0.262 e. The third kappa shape index (κ3) is 4.13. The van der Waals surface area contributed by atoms with Gasteiger partial charge in [0.05, 0.1) is 22.6 Å². The van der Waals surface area contributed by atoms with Crippen molar-refractivity contribution in [2.24, 2.45) is 13.0 Å². The normalized spacial score (nSPS) is 16.1. The molecular formula is C23H27N3O2S. The van der Waals surface area contributed by atoms with Crippen LogP contribution in [0.4, 0.5) is 0 Å². The van der Waals surface area contributed by atoms with Gasteiger partial charge in [0.2, 0.25) is 0 Å². The minimum Gasteiger partial charge on any atom is -0.345 e. The van der Waals surface area contributed by atoms with Crippen molar-refractivity contribution in [3.8, 4) is 0 Å². The molecule has 4 rings (SSSR count). The fourth-order valence-electron chi connectivity index (χ4n) is 4.37. The summed E-state index contributed by atoms with van der Waals surface area (Å²) in [6, 6.07) is 10.2. The van der Waals surface area contributed by atoms with E-state index in [1.165, 1.54) is 54.3 Å². The molecule has 1 N–H and O–H groups in total. The molecule has 1 unspecified atom stereocenters. The van der Waals surface area contributed by atoms with E-state index >= 15 is 0 Å². The molecule has 3 aromatic rings. The van der Waals surface area contributed by atoms with Crippen LogP contribution in [0.25, 0.3) is 10.2 Å². The van der Waals surface area contributed by atoms with Crippen LogP contribution in [-0.4, -0.2) is 15.5 Å². The first kappa shape index (κ1) is 19.8. The predicted molar refractivity (Wildman–Crippen MR) is 117 cm³/mol. The quantitative estimate of drug-likeness (QED) is 0.662. The summed E-state index contributed by atoms with van der Waals surface area (Å²) in [4.78, 5) is 31.3. The summed E-state index contributed by atoms with van der Waals surface area (Å²) in [5.74, 6) is 0.531. The number of thiophene rings is 1. The number of rotatable bonds is 5. The lowest BCUT2D eigenvalue weighted by molar-refractivity contribution is 0.0932. The van der Waals surface area contributed by atoms with Gasteiger partial charge in [-0.3, -0.25) is 9.59 Å². The maximum absolute atomic E-state index is 13.2. The van der Waals surface area contributed by atoms with Crippen LogP contribution in [0, 0.1) is 12.8 Å². The van der Waals surface area contributed by atoms with Gasteiger partial charge < -0.3 is 9.88 Å². The van der Waals surface area contributed by atoms with Gasteiger partial charge in [0.25, 0.3) is 11.5 Å². The van der Waals surface area contributed by atoms with Gasteiger partial charge in [0.1, 0.15) is 4.83 Å². The fourth-order valence-corrected chi connectivity index (χ4v) is 5.41. The highest BCUT2D eigenvalue weighted by Crippen LogP contribution is 2.33. The molecule has 1 aliphatic carbocycles. The highest BCUT2D eigenvalue weighted by atomic mass is 32.1. The highest BCUT2D eigenvalue weighted by molar-refractivity contribution is 7.20. The molecule has 5 nitrogen and oxygen atoms in total. The van der Waals surface area contributed by atoms with E-state index in [0.29, 0.717) is 21.0 Å². The second kappa shape index (κ2) is 8.49. The molecule has 2 aromatic heterocycles. The zero-order valence-electron chi connectivity index (χ0n) is 17.0. The van der Waals surface area contributed by atoms with E-state index in [9.17, 15) is 9.59 Å². The number of carbonyl (C=O) groups excluding carboxylic acids is 1. The Kier molecular flexibility index (Phi) is 5.81. The predicted octanol–water partition coefficient (Wildman–Crippen LogP) is 4.74. The van der Waals surface area contributed by atoms with E-state index < -0.39 is 0 Å². The van der Waals surface area contributed by atoms with E-state index in [0.717, 1.165) is 17.5 Å². The minimum atomic E-state index is -0.114. The van der Waals surface area contributed by atoms with Gasteiger partial charge in [-0.1, -0.05) is 62.4 Å². The Morgan fingerprint density at radius 1 is 1.24 bits per heavy atom. The third-order valence-electron chi connectivity index (χ3n) is 6.02. The summed E-state index contributed by atoms with van der Waals surface area (Å²) in [5, 5.41) is 3.82. The number of fused-ring (bicyclic) bond motifs is 1. The van der Waals surface area contributed by atoms with Crippen LogP contribution >= 0.6 is 11.3 Å². The summed E-state index contributed by atoms with van der Waals surface area (Å²) in [6.07, 6.45) is 8.83. The number of hydrogen-bond acceptors (Lipinski definition) is 4. The van der Waals surface area contributed by atoms with E-state index in [1.54, 1.807) is 7.05 Å². The van der Waals surface area contributed by atoms with Gasteiger partial charge in [-0.05, 0) is 30.4 Å². The Morgan fingerprint density at radius 2 is 1.97 bits per heavy atom. The highest BCUT2D eigenvalue weighted by Gasteiger charge is 2.25. The molecule has 152 valence electrons. The Morgan fingerprint density at radius 3 is 2.69 bits per heavy atom. The molecule has 1 saturated carbocycles. The van der Waals surface area contributed by atoms with Crippen LogP contribution in [0.3, 0.4) is 0 Å². The standard InChI is InChI=1S/C23H27N3O2S/c1-15-19-22(24-14-26(2)23(19)28)29-20(15)21(27)25-18(17-11-7-4-8-12-17)13-16-9-5-3-6-10-16/h4,7-8,11-12,14,16,18H,3,5-6,9-10,13H2,1-2H3,(H,25,27). The largest absolute Gasteiger partial charge is 0.345 e. The van der Waals surface area contributed by atoms with Crippen molar-refractivity contribution < 1.29 is 4.79 Å². The van der Waals surface area contributed by atoms with Crippen LogP contribution in [0.5, 0.6) is 0 Å². The van der Waals surface area contributed by atoms with Gasteiger partial charge in [-0.25, -0.2) is 4.98 Å². The topological polar surface area (TPSA) is 64.0 Å². The van der Waals surface area contributed by atoms with E-state index in [2.05, 4.69) is 22.4 Å². The third-order valence-corrected chi connectivity index (χ3v) is 7.22. The Bertz CT molecular complexity index is 1060. The number of amides is 1. The van der Waals surface area contributed by atoms with Crippen molar-refractivity contribution >= 4 is 27.5 Å². The molecule has 0 spiro atoms. The molecule has 1 amide bonds. The number of hydrogen-bond donors (Lipinski definition) is 1. The molecule has 1 aliphatic rings. The van der Waals surface area contributed by atoms with Crippen LogP contribution in [0.2, 0.25) is 0 Å². The number of aryl methyl sites for hydroxylation is 2. The average molecular weight is 410 g/mol. The van der Waals surface area contributed by atoms with Crippen LogP contribution in [0.1, 0.15) is 65.4 Å². The lowest BCUT2D eigenvalue weighted by Gasteiger charge is -2.27. The molecule has 1 fully saturated rings. The minimum absolute atomic E-state index is 0.0211. The Hall–Kier alpha value is -2.47. The number of nitrogens with one attached hydrogen (secondary N) is 1. The SMILES string of the molecule is Cc1c(C(=O)NC(CC2CCCCC2)c2ccccc2)sc2ncn(C)c(=O)c12. The number of carbonyl (C=O) groups is 1. The van der Waals surface area contributed by atoms with Crippen molar-refractivity contribution in [1.82, 2.24) is 14.9 Å². The molecule has 1 atom stereocenters. The fraction of sp³-hybridized carbons (Fsp3) is 0.435. The van der Waals surface area contributed by atoms with Crippen molar-refractivity contribution in [3.63, 3.8) is 0 Å². The van der Waals surface area contributed by atoms with Gasteiger partial charge >= 0.3 is 0 Å².